The lowest BCUT2D eigenvalue weighted by Crippen LogP contribution is -2.26. The molecule has 6 heteroatoms. The molecule has 5 nitrogen and oxygen atoms in total. The van der Waals surface area contributed by atoms with E-state index in [0.717, 1.165) is 46.6 Å². The average molecular weight is 486 g/mol. The number of ether oxygens (including phenoxy) is 1. The van der Waals surface area contributed by atoms with Crippen molar-refractivity contribution in [3.8, 4) is 11.8 Å². The number of amides is 1. The molecule has 1 N–H and O–H groups in total. The maximum Gasteiger partial charge on any atom is 0.262 e. The lowest BCUT2D eigenvalue weighted by atomic mass is 9.72. The van der Waals surface area contributed by atoms with Gasteiger partial charge in [-0.3, -0.25) is 4.79 Å². The molecule has 0 spiro atoms. The monoisotopic (exact) mass is 485 g/mol. The highest BCUT2D eigenvalue weighted by atomic mass is 32.1. The molecular formula is C29H31N3O2S. The summed E-state index contributed by atoms with van der Waals surface area (Å²) in [7, 11) is 0. The second-order valence-electron chi connectivity index (χ2n) is 10.1. The number of nitriles is 1. The van der Waals surface area contributed by atoms with Crippen LogP contribution in [0.2, 0.25) is 0 Å². The van der Waals surface area contributed by atoms with Gasteiger partial charge < -0.3 is 10.1 Å². The number of benzene rings is 2. The minimum absolute atomic E-state index is 0.0663. The van der Waals surface area contributed by atoms with Gasteiger partial charge in [-0.15, -0.1) is 11.3 Å². The molecular weight excluding hydrogens is 454 g/mol. The lowest BCUT2D eigenvalue weighted by Gasteiger charge is -2.33. The molecule has 1 aromatic heterocycles. The predicted octanol–water partition coefficient (Wildman–Crippen LogP) is 6.85. The van der Waals surface area contributed by atoms with E-state index in [1.807, 2.05) is 55.5 Å². The molecule has 1 aliphatic carbocycles. The smallest absolute Gasteiger partial charge is 0.262 e. The fourth-order valence-electron chi connectivity index (χ4n) is 4.28. The van der Waals surface area contributed by atoms with E-state index in [0.29, 0.717) is 11.7 Å². The number of hydrogen-bond donors (Lipinski definition) is 1. The van der Waals surface area contributed by atoms with Gasteiger partial charge in [0.05, 0.1) is 5.56 Å². The van der Waals surface area contributed by atoms with E-state index in [-0.39, 0.29) is 17.9 Å². The lowest BCUT2D eigenvalue weighted by molar-refractivity contribution is -0.118. The van der Waals surface area contributed by atoms with Crippen LogP contribution in [0.1, 0.15) is 54.3 Å². The van der Waals surface area contributed by atoms with Crippen LogP contribution in [-0.2, 0) is 17.6 Å². The van der Waals surface area contributed by atoms with E-state index in [2.05, 4.69) is 37.1 Å². The zero-order chi connectivity index (χ0) is 25.0. The molecule has 4 rings (SSSR count). The fourth-order valence-corrected chi connectivity index (χ4v) is 5.50. The number of nitrogens with one attached hydrogen (secondary N) is 1. The summed E-state index contributed by atoms with van der Waals surface area (Å²) in [5.41, 5.74) is 4.98. The van der Waals surface area contributed by atoms with Gasteiger partial charge in [0.2, 0.25) is 0 Å². The van der Waals surface area contributed by atoms with Gasteiger partial charge >= 0.3 is 0 Å². The van der Waals surface area contributed by atoms with Crippen LogP contribution in [0.5, 0.6) is 5.75 Å². The zero-order valence-electron chi connectivity index (χ0n) is 20.7. The van der Waals surface area contributed by atoms with Gasteiger partial charge in [0.1, 0.15) is 16.8 Å². The number of nitrogens with zero attached hydrogens (tertiary/aromatic N) is 2. The maximum atomic E-state index is 12.1. The number of carbonyl (C=O) groups excluding carboxylic acids is 1. The number of aliphatic imine (C=N–C) groups is 1. The first-order valence-electron chi connectivity index (χ1n) is 11.9. The second-order valence-corrected chi connectivity index (χ2v) is 11.2. The Bertz CT molecular complexity index is 1260. The number of hydrogen-bond acceptors (Lipinski definition) is 5. The Labute approximate surface area is 211 Å². The Kier molecular flexibility index (Phi) is 7.37. The molecule has 0 unspecified atom stereocenters. The van der Waals surface area contributed by atoms with E-state index in [1.165, 1.54) is 10.4 Å². The number of aryl methyl sites for hydroxylation is 1. The number of carbonyl (C=O) groups is 1. The highest BCUT2D eigenvalue weighted by Crippen LogP contribution is 2.44. The number of fused-ring (bicyclic) bond motifs is 1. The van der Waals surface area contributed by atoms with Crippen molar-refractivity contribution >= 4 is 34.1 Å². The molecule has 1 aliphatic rings. The van der Waals surface area contributed by atoms with Crippen LogP contribution in [0.25, 0.3) is 0 Å². The third-order valence-corrected chi connectivity index (χ3v) is 7.66. The van der Waals surface area contributed by atoms with E-state index in [1.54, 1.807) is 17.6 Å². The minimum atomic E-state index is -0.209. The van der Waals surface area contributed by atoms with Gasteiger partial charge in [0.25, 0.3) is 5.91 Å². The van der Waals surface area contributed by atoms with Crippen molar-refractivity contribution in [1.82, 2.24) is 0 Å². The standard InChI is InChI=1S/C29H31N3O2S/c1-19-5-10-22(11-6-19)32-27(33)18-34-23-12-7-20(8-13-23)17-31-28-25(16-30)24-14-9-21(29(2,3)4)15-26(24)35-28/h5-8,10-13,17,21H,9,14-15,18H2,1-4H3,(H,32,33)/t21-/m0/s1. The molecule has 0 aliphatic heterocycles. The SMILES string of the molecule is Cc1ccc(NC(=O)COc2ccc(C=Nc3sc4c(c3C#N)CC[C@H](C(C)(C)C)C4)cc2)cc1. The average Bonchev–Trinajstić information content (AvgIpc) is 3.19. The van der Waals surface area contributed by atoms with Crippen LogP contribution in [0.4, 0.5) is 10.7 Å². The highest BCUT2D eigenvalue weighted by molar-refractivity contribution is 7.16. The van der Waals surface area contributed by atoms with Gasteiger partial charge in [-0.2, -0.15) is 5.26 Å². The Morgan fingerprint density at radius 3 is 2.57 bits per heavy atom. The van der Waals surface area contributed by atoms with Crippen LogP contribution in [-0.4, -0.2) is 18.7 Å². The van der Waals surface area contributed by atoms with Crippen molar-refractivity contribution < 1.29 is 9.53 Å². The zero-order valence-corrected chi connectivity index (χ0v) is 21.5. The topological polar surface area (TPSA) is 74.5 Å². The number of rotatable bonds is 6. The summed E-state index contributed by atoms with van der Waals surface area (Å²) < 4.78 is 5.61. The molecule has 0 saturated carbocycles. The van der Waals surface area contributed by atoms with Crippen LogP contribution >= 0.6 is 11.3 Å². The van der Waals surface area contributed by atoms with E-state index in [9.17, 15) is 10.1 Å². The third-order valence-electron chi connectivity index (χ3n) is 6.50. The highest BCUT2D eigenvalue weighted by Gasteiger charge is 2.32. The summed E-state index contributed by atoms with van der Waals surface area (Å²) in [6.07, 6.45) is 4.88. The summed E-state index contributed by atoms with van der Waals surface area (Å²) in [6.45, 7) is 8.82. The van der Waals surface area contributed by atoms with Gasteiger partial charge in [-0.1, -0.05) is 38.5 Å². The minimum Gasteiger partial charge on any atom is -0.484 e. The summed E-state index contributed by atoms with van der Waals surface area (Å²) in [6, 6.07) is 17.4. The van der Waals surface area contributed by atoms with Gasteiger partial charge in [-0.05, 0) is 85.0 Å². The maximum absolute atomic E-state index is 12.1. The van der Waals surface area contributed by atoms with Crippen LogP contribution in [0.15, 0.2) is 53.5 Å². The fraction of sp³-hybridized carbons (Fsp3) is 0.345. The van der Waals surface area contributed by atoms with Crippen LogP contribution in [0, 0.1) is 29.6 Å². The number of thiophene rings is 1. The van der Waals surface area contributed by atoms with Crippen molar-refractivity contribution in [3.63, 3.8) is 0 Å². The second kappa shape index (κ2) is 10.5. The van der Waals surface area contributed by atoms with Crippen molar-refractivity contribution in [2.24, 2.45) is 16.3 Å². The normalized spacial score (nSPS) is 15.5. The molecule has 35 heavy (non-hydrogen) atoms. The first kappa shape index (κ1) is 24.7. The Hall–Kier alpha value is -3.43. The summed E-state index contributed by atoms with van der Waals surface area (Å²) in [5, 5.41) is 13.4. The third kappa shape index (κ3) is 6.17. The van der Waals surface area contributed by atoms with E-state index < -0.39 is 0 Å². The van der Waals surface area contributed by atoms with Crippen LogP contribution < -0.4 is 10.1 Å². The summed E-state index contributed by atoms with van der Waals surface area (Å²) in [4.78, 5) is 18.1. The van der Waals surface area contributed by atoms with Gasteiger partial charge in [0, 0.05) is 16.8 Å². The Morgan fingerprint density at radius 2 is 1.91 bits per heavy atom. The van der Waals surface area contributed by atoms with Crippen molar-refractivity contribution in [2.45, 2.75) is 47.0 Å². The molecule has 0 radical (unpaired) electrons. The number of anilines is 1. The first-order valence-corrected chi connectivity index (χ1v) is 12.7. The molecule has 3 aromatic rings. The van der Waals surface area contributed by atoms with Crippen molar-refractivity contribution in [2.75, 3.05) is 11.9 Å². The molecule has 2 aromatic carbocycles. The molecule has 1 heterocycles. The van der Waals surface area contributed by atoms with E-state index in [4.69, 9.17) is 4.74 Å². The van der Waals surface area contributed by atoms with E-state index >= 15 is 0 Å². The summed E-state index contributed by atoms with van der Waals surface area (Å²) >= 11 is 1.65. The van der Waals surface area contributed by atoms with Gasteiger partial charge in [0.15, 0.2) is 6.61 Å². The molecule has 1 amide bonds. The Morgan fingerprint density at radius 1 is 1.20 bits per heavy atom. The molecule has 0 saturated heterocycles. The largest absolute Gasteiger partial charge is 0.484 e. The quantitative estimate of drug-likeness (QED) is 0.388. The summed E-state index contributed by atoms with van der Waals surface area (Å²) in [5.74, 6) is 1.03. The molecule has 1 atom stereocenters. The predicted molar refractivity (Wildman–Crippen MR) is 143 cm³/mol. The van der Waals surface area contributed by atoms with Crippen LogP contribution in [0.3, 0.4) is 0 Å². The van der Waals surface area contributed by atoms with Crippen molar-refractivity contribution in [1.29, 1.82) is 5.26 Å². The van der Waals surface area contributed by atoms with Gasteiger partial charge in [-0.25, -0.2) is 4.99 Å². The Balaban J connectivity index is 1.36. The van der Waals surface area contributed by atoms with Crippen molar-refractivity contribution in [3.05, 3.63) is 75.7 Å². The molecule has 0 bridgehead atoms. The first-order chi connectivity index (χ1) is 16.7. The molecule has 180 valence electrons. The molecule has 0 fully saturated rings.